The Bertz CT molecular complexity index is 792. The molecule has 1 N–H and O–H groups in total. The monoisotopic (exact) mass is 614 g/mol. The van der Waals surface area contributed by atoms with Crippen LogP contribution in [-0.2, 0) is 19.1 Å². The first-order valence-corrected chi connectivity index (χ1v) is 17.8. The Morgan fingerprint density at radius 1 is 0.523 bits per heavy atom. The van der Waals surface area contributed by atoms with Crippen LogP contribution in [0.1, 0.15) is 155 Å². The van der Waals surface area contributed by atoms with Crippen LogP contribution >= 0.6 is 0 Å². The van der Waals surface area contributed by atoms with Gasteiger partial charge >= 0.3 is 11.9 Å². The lowest BCUT2D eigenvalue weighted by Gasteiger charge is -2.15. The zero-order valence-electron chi connectivity index (χ0n) is 28.4. The largest absolute Gasteiger partial charge is 0.462 e. The van der Waals surface area contributed by atoms with Gasteiger partial charge in [0.1, 0.15) is 6.61 Å². The lowest BCUT2D eigenvalue weighted by Crippen LogP contribution is -2.28. The molecule has 0 bridgehead atoms. The molecule has 0 aliphatic carbocycles. The molecular formula is C39H66O5. The van der Waals surface area contributed by atoms with Gasteiger partial charge in [-0.05, 0) is 83.5 Å². The third-order valence-corrected chi connectivity index (χ3v) is 7.28. The van der Waals surface area contributed by atoms with Gasteiger partial charge in [-0.2, -0.15) is 0 Å². The van der Waals surface area contributed by atoms with Crippen molar-refractivity contribution in [3.8, 4) is 0 Å². The maximum absolute atomic E-state index is 12.1. The fourth-order valence-corrected chi connectivity index (χ4v) is 4.53. The number of rotatable bonds is 31. The van der Waals surface area contributed by atoms with Gasteiger partial charge in [-0.1, -0.05) is 120 Å². The van der Waals surface area contributed by atoms with Crippen molar-refractivity contribution in [2.24, 2.45) is 0 Å². The molecule has 0 radical (unpaired) electrons. The molecule has 252 valence electrons. The predicted molar refractivity (Wildman–Crippen MR) is 187 cm³/mol. The third kappa shape index (κ3) is 32.5. The van der Waals surface area contributed by atoms with Crippen molar-refractivity contribution in [2.75, 3.05) is 13.2 Å². The molecule has 0 aromatic rings. The number of allylic oxidation sites excluding steroid dienone is 10. The minimum atomic E-state index is -0.797. The lowest BCUT2D eigenvalue weighted by atomic mass is 10.1. The van der Waals surface area contributed by atoms with Crippen molar-refractivity contribution in [2.45, 2.75) is 161 Å². The van der Waals surface area contributed by atoms with Crippen LogP contribution in [0.2, 0.25) is 0 Å². The maximum atomic E-state index is 12.1. The Labute approximate surface area is 271 Å². The molecule has 0 heterocycles. The highest BCUT2D eigenvalue weighted by Crippen LogP contribution is 2.10. The van der Waals surface area contributed by atoms with Crippen LogP contribution in [0.15, 0.2) is 60.8 Å². The van der Waals surface area contributed by atoms with Crippen LogP contribution < -0.4 is 0 Å². The SMILES string of the molecule is CCCCC/C=C\C/C=C\C/C=C\CCCCC(=O)O[C@@H](CO)COC(=O)CCCCCCC/C=C\C/C=C\CCCCC. The number of esters is 2. The van der Waals surface area contributed by atoms with Crippen molar-refractivity contribution in [1.82, 2.24) is 0 Å². The molecule has 0 aliphatic rings. The molecule has 5 nitrogen and oxygen atoms in total. The van der Waals surface area contributed by atoms with E-state index in [2.05, 4.69) is 74.6 Å². The molecule has 0 saturated carbocycles. The Morgan fingerprint density at radius 3 is 1.41 bits per heavy atom. The third-order valence-electron chi connectivity index (χ3n) is 7.28. The van der Waals surface area contributed by atoms with Crippen LogP contribution in [0.5, 0.6) is 0 Å². The summed E-state index contributed by atoms with van der Waals surface area (Å²) >= 11 is 0. The van der Waals surface area contributed by atoms with Crippen molar-refractivity contribution in [3.05, 3.63) is 60.8 Å². The van der Waals surface area contributed by atoms with Crippen molar-refractivity contribution in [1.29, 1.82) is 0 Å². The average molecular weight is 615 g/mol. The molecule has 44 heavy (non-hydrogen) atoms. The molecule has 0 aliphatic heterocycles. The number of hydrogen-bond acceptors (Lipinski definition) is 5. The van der Waals surface area contributed by atoms with Gasteiger partial charge in [0, 0.05) is 12.8 Å². The maximum Gasteiger partial charge on any atom is 0.306 e. The summed E-state index contributed by atoms with van der Waals surface area (Å²) in [7, 11) is 0. The smallest absolute Gasteiger partial charge is 0.306 e. The van der Waals surface area contributed by atoms with Gasteiger partial charge in [-0.25, -0.2) is 0 Å². The normalized spacial score (nSPS) is 12.9. The summed E-state index contributed by atoms with van der Waals surface area (Å²) < 4.78 is 10.5. The van der Waals surface area contributed by atoms with E-state index >= 15 is 0 Å². The molecule has 0 aromatic carbocycles. The Balaban J connectivity index is 3.70. The number of unbranched alkanes of at least 4 members (excludes halogenated alkanes) is 13. The fourth-order valence-electron chi connectivity index (χ4n) is 4.53. The Hall–Kier alpha value is -2.40. The van der Waals surface area contributed by atoms with E-state index in [1.165, 1.54) is 64.2 Å². The fraction of sp³-hybridized carbons (Fsp3) is 0.692. The molecule has 0 amide bonds. The van der Waals surface area contributed by atoms with Crippen LogP contribution in [-0.4, -0.2) is 36.4 Å². The molecule has 0 aromatic heterocycles. The van der Waals surface area contributed by atoms with E-state index in [4.69, 9.17) is 9.47 Å². The lowest BCUT2D eigenvalue weighted by molar-refractivity contribution is -0.161. The summed E-state index contributed by atoms with van der Waals surface area (Å²) in [6.07, 6.45) is 44.1. The van der Waals surface area contributed by atoms with E-state index in [0.29, 0.717) is 12.8 Å². The van der Waals surface area contributed by atoms with Gasteiger partial charge in [0.2, 0.25) is 0 Å². The van der Waals surface area contributed by atoms with Crippen molar-refractivity contribution in [3.63, 3.8) is 0 Å². The summed E-state index contributed by atoms with van der Waals surface area (Å²) in [6.45, 7) is 4.01. The molecule has 1 atom stereocenters. The number of aliphatic hydroxyl groups excluding tert-OH is 1. The molecule has 0 fully saturated rings. The number of hydrogen-bond donors (Lipinski definition) is 1. The minimum Gasteiger partial charge on any atom is -0.462 e. The van der Waals surface area contributed by atoms with E-state index in [-0.39, 0.29) is 25.2 Å². The van der Waals surface area contributed by atoms with Crippen molar-refractivity contribution >= 4 is 11.9 Å². The number of carbonyl (C=O) groups excluding carboxylic acids is 2. The zero-order chi connectivity index (χ0) is 32.2. The highest BCUT2D eigenvalue weighted by molar-refractivity contribution is 5.70. The van der Waals surface area contributed by atoms with Gasteiger partial charge < -0.3 is 14.6 Å². The van der Waals surface area contributed by atoms with Crippen LogP contribution in [0.3, 0.4) is 0 Å². The van der Waals surface area contributed by atoms with E-state index < -0.39 is 6.10 Å². The zero-order valence-corrected chi connectivity index (χ0v) is 28.4. The first-order valence-electron chi connectivity index (χ1n) is 17.8. The second-order valence-electron chi connectivity index (χ2n) is 11.6. The number of carbonyl (C=O) groups is 2. The van der Waals surface area contributed by atoms with Crippen LogP contribution in [0.4, 0.5) is 0 Å². The van der Waals surface area contributed by atoms with Gasteiger partial charge in [-0.15, -0.1) is 0 Å². The van der Waals surface area contributed by atoms with Crippen LogP contribution in [0, 0.1) is 0 Å². The highest BCUT2D eigenvalue weighted by atomic mass is 16.6. The minimum absolute atomic E-state index is 0.0910. The van der Waals surface area contributed by atoms with Gasteiger partial charge in [0.25, 0.3) is 0 Å². The standard InChI is InChI=1S/C39H66O5/c1-3-5-7-9-11-13-15-17-19-21-23-25-27-29-31-33-38(41)43-36-37(35-40)44-39(42)34-32-30-28-26-24-22-20-18-16-14-12-10-8-6-4-2/h11-14,17-20,24,26,37,40H,3-10,15-16,21-23,25,27-36H2,1-2H3/b13-11-,14-12-,19-17-,20-18-,26-24-/t37-/m0/s1. The summed E-state index contributed by atoms with van der Waals surface area (Å²) in [5.41, 5.74) is 0. The van der Waals surface area contributed by atoms with E-state index in [1.807, 2.05) is 0 Å². The summed E-state index contributed by atoms with van der Waals surface area (Å²) in [4.78, 5) is 24.1. The second kappa shape index (κ2) is 35.1. The number of aliphatic hydroxyl groups is 1. The molecule has 0 saturated heterocycles. The Morgan fingerprint density at radius 2 is 0.909 bits per heavy atom. The van der Waals surface area contributed by atoms with E-state index in [1.54, 1.807) is 0 Å². The van der Waals surface area contributed by atoms with Gasteiger partial charge in [0.15, 0.2) is 6.10 Å². The average Bonchev–Trinajstić information content (AvgIpc) is 3.02. The molecular weight excluding hydrogens is 548 g/mol. The number of ether oxygens (including phenoxy) is 2. The molecule has 0 spiro atoms. The topological polar surface area (TPSA) is 72.8 Å². The first kappa shape index (κ1) is 41.6. The summed E-state index contributed by atoms with van der Waals surface area (Å²) in [5.74, 6) is -0.658. The van der Waals surface area contributed by atoms with Crippen molar-refractivity contribution < 1.29 is 24.2 Å². The van der Waals surface area contributed by atoms with Gasteiger partial charge in [-0.3, -0.25) is 9.59 Å². The second-order valence-corrected chi connectivity index (χ2v) is 11.6. The molecule has 0 unspecified atom stereocenters. The molecule has 0 rings (SSSR count). The summed E-state index contributed by atoms with van der Waals surface area (Å²) in [5, 5.41) is 9.51. The Kier molecular flexibility index (Phi) is 33.2. The predicted octanol–water partition coefficient (Wildman–Crippen LogP) is 10.8. The first-order chi connectivity index (χ1) is 21.6. The summed E-state index contributed by atoms with van der Waals surface area (Å²) in [6, 6.07) is 0. The van der Waals surface area contributed by atoms with E-state index in [0.717, 1.165) is 64.2 Å². The van der Waals surface area contributed by atoms with Gasteiger partial charge in [0.05, 0.1) is 6.61 Å². The quantitative estimate of drug-likeness (QED) is 0.0478. The van der Waals surface area contributed by atoms with Crippen LogP contribution in [0.25, 0.3) is 0 Å². The van der Waals surface area contributed by atoms with E-state index in [9.17, 15) is 14.7 Å². The highest BCUT2D eigenvalue weighted by Gasteiger charge is 2.16. The molecule has 5 heteroatoms.